The minimum absolute atomic E-state index is 0.153. The van der Waals surface area contributed by atoms with Crippen molar-refractivity contribution in [3.8, 4) is 11.6 Å². The van der Waals surface area contributed by atoms with Crippen LogP contribution in [0, 0.1) is 5.95 Å². The second-order valence-corrected chi connectivity index (χ2v) is 3.17. The monoisotopic (exact) mass is 217 g/mol. The number of benzene rings is 1. The molecule has 0 amide bonds. The first kappa shape index (κ1) is 10.6. The van der Waals surface area contributed by atoms with Crippen LogP contribution in [0.1, 0.15) is 0 Å². The molecule has 2 rings (SSSR count). The lowest BCUT2D eigenvalue weighted by molar-refractivity contribution is 0.446. The SMILES string of the molecule is OBc1ccc(Oc2ccccc2)nc1F. The van der Waals surface area contributed by atoms with Crippen LogP contribution in [-0.4, -0.2) is 17.5 Å². The maximum Gasteiger partial charge on any atom is 0.309 e. The van der Waals surface area contributed by atoms with E-state index in [9.17, 15) is 4.39 Å². The molecule has 0 aliphatic heterocycles. The van der Waals surface area contributed by atoms with E-state index in [0.29, 0.717) is 5.75 Å². The van der Waals surface area contributed by atoms with Crippen molar-refractivity contribution in [1.82, 2.24) is 4.98 Å². The van der Waals surface area contributed by atoms with Crippen molar-refractivity contribution in [1.29, 1.82) is 0 Å². The maximum absolute atomic E-state index is 13.2. The summed E-state index contributed by atoms with van der Waals surface area (Å²) in [5, 5.41) is 8.78. The Hall–Kier alpha value is -1.88. The normalized spacial score (nSPS) is 9.88. The average Bonchev–Trinajstić information content (AvgIpc) is 2.31. The van der Waals surface area contributed by atoms with E-state index < -0.39 is 5.95 Å². The van der Waals surface area contributed by atoms with Crippen LogP contribution in [0.3, 0.4) is 0 Å². The Morgan fingerprint density at radius 3 is 2.50 bits per heavy atom. The van der Waals surface area contributed by atoms with E-state index in [1.807, 2.05) is 18.2 Å². The minimum Gasteiger partial charge on any atom is -0.449 e. The molecule has 0 aliphatic carbocycles. The summed E-state index contributed by atoms with van der Waals surface area (Å²) in [6, 6.07) is 11.9. The Kier molecular flexibility index (Phi) is 3.17. The zero-order valence-electron chi connectivity index (χ0n) is 8.43. The van der Waals surface area contributed by atoms with E-state index in [2.05, 4.69) is 4.98 Å². The van der Waals surface area contributed by atoms with Crippen molar-refractivity contribution in [3.63, 3.8) is 0 Å². The minimum atomic E-state index is -0.712. The first-order chi connectivity index (χ1) is 7.79. The molecule has 2 aromatic rings. The van der Waals surface area contributed by atoms with Crippen LogP contribution < -0.4 is 10.2 Å². The predicted octanol–water partition coefficient (Wildman–Crippen LogP) is 0.982. The van der Waals surface area contributed by atoms with E-state index >= 15 is 0 Å². The van der Waals surface area contributed by atoms with Gasteiger partial charge in [0.25, 0.3) is 0 Å². The summed E-state index contributed by atoms with van der Waals surface area (Å²) < 4.78 is 18.5. The molecule has 1 aromatic carbocycles. The van der Waals surface area contributed by atoms with Crippen LogP contribution in [0.25, 0.3) is 0 Å². The number of para-hydroxylation sites is 1. The smallest absolute Gasteiger partial charge is 0.309 e. The van der Waals surface area contributed by atoms with Gasteiger partial charge in [-0.15, -0.1) is 0 Å². The molecule has 0 saturated heterocycles. The van der Waals surface area contributed by atoms with Crippen LogP contribution in [0.15, 0.2) is 42.5 Å². The number of pyridine rings is 1. The van der Waals surface area contributed by atoms with Crippen LogP contribution in [-0.2, 0) is 0 Å². The third kappa shape index (κ3) is 2.38. The molecular formula is C11H9BFNO2. The number of nitrogens with zero attached hydrogens (tertiary/aromatic N) is 1. The van der Waals surface area contributed by atoms with E-state index in [-0.39, 0.29) is 18.8 Å². The molecular weight excluding hydrogens is 208 g/mol. The van der Waals surface area contributed by atoms with Gasteiger partial charge in [0, 0.05) is 11.5 Å². The van der Waals surface area contributed by atoms with Crippen molar-refractivity contribution in [2.24, 2.45) is 0 Å². The summed E-state index contributed by atoms with van der Waals surface area (Å²) in [4.78, 5) is 3.59. The molecule has 0 spiro atoms. The van der Waals surface area contributed by atoms with Crippen molar-refractivity contribution in [2.75, 3.05) is 0 Å². The molecule has 0 radical (unpaired) electrons. The predicted molar refractivity (Wildman–Crippen MR) is 59.7 cm³/mol. The highest BCUT2D eigenvalue weighted by molar-refractivity contribution is 6.45. The lowest BCUT2D eigenvalue weighted by Gasteiger charge is -2.05. The number of halogens is 1. The number of rotatable bonds is 3. The first-order valence-corrected chi connectivity index (χ1v) is 4.79. The largest absolute Gasteiger partial charge is 0.449 e. The number of aromatic nitrogens is 1. The molecule has 5 heteroatoms. The number of hydrogen-bond acceptors (Lipinski definition) is 3. The van der Waals surface area contributed by atoms with Gasteiger partial charge < -0.3 is 9.76 Å². The number of hydrogen-bond donors (Lipinski definition) is 1. The second kappa shape index (κ2) is 4.76. The molecule has 1 heterocycles. The first-order valence-electron chi connectivity index (χ1n) is 4.79. The van der Waals surface area contributed by atoms with Gasteiger partial charge in [-0.25, -0.2) is 0 Å². The highest BCUT2D eigenvalue weighted by Crippen LogP contribution is 2.17. The molecule has 0 atom stereocenters. The summed E-state index contributed by atoms with van der Waals surface area (Å²) in [5.41, 5.74) is 0.153. The third-order valence-electron chi connectivity index (χ3n) is 2.04. The van der Waals surface area contributed by atoms with E-state index in [0.717, 1.165) is 0 Å². The summed E-state index contributed by atoms with van der Waals surface area (Å²) in [6.45, 7) is 0. The second-order valence-electron chi connectivity index (χ2n) is 3.17. The van der Waals surface area contributed by atoms with Crippen molar-refractivity contribution < 1.29 is 14.2 Å². The quantitative estimate of drug-likeness (QED) is 0.615. The Bertz CT molecular complexity index is 479. The highest BCUT2D eigenvalue weighted by atomic mass is 19.1. The van der Waals surface area contributed by atoms with Crippen LogP contribution >= 0.6 is 0 Å². The Morgan fingerprint density at radius 1 is 1.12 bits per heavy atom. The molecule has 1 N–H and O–H groups in total. The summed E-state index contributed by atoms with van der Waals surface area (Å²) in [7, 11) is -0.371. The molecule has 0 unspecified atom stereocenters. The van der Waals surface area contributed by atoms with Gasteiger partial charge in [0.2, 0.25) is 11.8 Å². The third-order valence-corrected chi connectivity index (χ3v) is 2.04. The zero-order chi connectivity index (χ0) is 11.4. The Labute approximate surface area is 92.8 Å². The van der Waals surface area contributed by atoms with Gasteiger partial charge in [-0.05, 0) is 12.1 Å². The lowest BCUT2D eigenvalue weighted by Crippen LogP contribution is -2.19. The summed E-state index contributed by atoms with van der Waals surface area (Å²) >= 11 is 0. The standard InChI is InChI=1S/C11H9BFNO2/c13-11-9(12-15)6-7-10(14-11)16-8-4-2-1-3-5-8/h1-7,12,15H. The van der Waals surface area contributed by atoms with Crippen molar-refractivity contribution in [3.05, 3.63) is 48.4 Å². The van der Waals surface area contributed by atoms with Gasteiger partial charge in [-0.3, -0.25) is 0 Å². The van der Waals surface area contributed by atoms with E-state index in [1.54, 1.807) is 12.1 Å². The molecule has 0 aliphatic rings. The van der Waals surface area contributed by atoms with Gasteiger partial charge in [0.1, 0.15) is 5.75 Å². The van der Waals surface area contributed by atoms with Gasteiger partial charge in [0.05, 0.1) is 0 Å². The topological polar surface area (TPSA) is 42.4 Å². The molecule has 0 fully saturated rings. The molecule has 1 aromatic heterocycles. The van der Waals surface area contributed by atoms with Crippen LogP contribution in [0.4, 0.5) is 4.39 Å². The van der Waals surface area contributed by atoms with Crippen LogP contribution in [0.5, 0.6) is 11.6 Å². The molecule has 16 heavy (non-hydrogen) atoms. The lowest BCUT2D eigenvalue weighted by atomic mass is 9.90. The average molecular weight is 217 g/mol. The Morgan fingerprint density at radius 2 is 1.88 bits per heavy atom. The molecule has 3 nitrogen and oxygen atoms in total. The van der Waals surface area contributed by atoms with Gasteiger partial charge >= 0.3 is 7.48 Å². The highest BCUT2D eigenvalue weighted by Gasteiger charge is 2.06. The van der Waals surface area contributed by atoms with E-state index in [1.165, 1.54) is 12.1 Å². The van der Waals surface area contributed by atoms with Crippen molar-refractivity contribution in [2.45, 2.75) is 0 Å². The summed E-state index contributed by atoms with van der Waals surface area (Å²) in [6.07, 6.45) is 0. The van der Waals surface area contributed by atoms with Crippen LogP contribution in [0.2, 0.25) is 0 Å². The fraction of sp³-hybridized carbons (Fsp3) is 0. The van der Waals surface area contributed by atoms with Gasteiger partial charge in [0.15, 0.2) is 0 Å². The number of ether oxygens (including phenoxy) is 1. The zero-order valence-corrected chi connectivity index (χ0v) is 8.43. The fourth-order valence-corrected chi connectivity index (χ4v) is 1.23. The molecule has 0 saturated carbocycles. The van der Waals surface area contributed by atoms with Crippen molar-refractivity contribution >= 4 is 12.9 Å². The Balaban J connectivity index is 2.20. The van der Waals surface area contributed by atoms with Gasteiger partial charge in [-0.1, -0.05) is 24.3 Å². The molecule has 0 bridgehead atoms. The fourth-order valence-electron chi connectivity index (χ4n) is 1.23. The summed E-state index contributed by atoms with van der Waals surface area (Å²) in [5.74, 6) is 0.0444. The maximum atomic E-state index is 13.2. The molecule has 80 valence electrons. The van der Waals surface area contributed by atoms with E-state index in [4.69, 9.17) is 9.76 Å². The van der Waals surface area contributed by atoms with Gasteiger partial charge in [-0.2, -0.15) is 9.37 Å².